The number of carbonyl (C=O) groups is 1. The van der Waals surface area contributed by atoms with Gasteiger partial charge >= 0.3 is 0 Å². The van der Waals surface area contributed by atoms with E-state index >= 15 is 0 Å². The average Bonchev–Trinajstić information content (AvgIpc) is 2.66. The molecule has 1 N–H and O–H groups in total. The minimum absolute atomic E-state index is 0.0613. The lowest BCUT2D eigenvalue weighted by Gasteiger charge is -2.31. The van der Waals surface area contributed by atoms with Crippen molar-refractivity contribution in [3.63, 3.8) is 0 Å². The van der Waals surface area contributed by atoms with Crippen molar-refractivity contribution in [3.8, 4) is 6.07 Å². The molecule has 1 aliphatic heterocycles. The van der Waals surface area contributed by atoms with Crippen molar-refractivity contribution >= 4 is 5.91 Å². The van der Waals surface area contributed by atoms with Gasteiger partial charge in [-0.15, -0.1) is 0 Å². The molecule has 0 aromatic carbocycles. The molecule has 0 unspecified atom stereocenters. The molecule has 1 heterocycles. The third-order valence-electron chi connectivity index (χ3n) is 4.22. The van der Waals surface area contributed by atoms with Crippen LogP contribution in [0.15, 0.2) is 0 Å². The zero-order valence-corrected chi connectivity index (χ0v) is 11.1. The van der Waals surface area contributed by atoms with E-state index in [-0.39, 0.29) is 5.91 Å². The summed E-state index contributed by atoms with van der Waals surface area (Å²) >= 11 is 0. The van der Waals surface area contributed by atoms with Gasteiger partial charge in [0, 0.05) is 13.1 Å². The summed E-state index contributed by atoms with van der Waals surface area (Å²) in [6.07, 6.45) is 9.28. The normalized spacial score (nSPS) is 24.8. The van der Waals surface area contributed by atoms with E-state index in [1.165, 1.54) is 6.42 Å². The maximum absolute atomic E-state index is 12.4. The van der Waals surface area contributed by atoms with Gasteiger partial charge in [0.15, 0.2) is 0 Å². The molecule has 4 nitrogen and oxygen atoms in total. The SMILES string of the molecule is N#CC1(C(=O)NN2CCCCC2)CCCCCC1. The largest absolute Gasteiger partial charge is 0.288 e. The van der Waals surface area contributed by atoms with Gasteiger partial charge in [0.2, 0.25) is 0 Å². The summed E-state index contributed by atoms with van der Waals surface area (Å²) in [6, 6.07) is 2.31. The second-order valence-corrected chi connectivity index (χ2v) is 5.60. The fourth-order valence-corrected chi connectivity index (χ4v) is 2.98. The molecular weight excluding hydrogens is 226 g/mol. The molecule has 0 aromatic rings. The molecule has 0 atom stereocenters. The van der Waals surface area contributed by atoms with Crippen molar-refractivity contribution in [3.05, 3.63) is 0 Å². The van der Waals surface area contributed by atoms with Gasteiger partial charge in [-0.3, -0.25) is 10.2 Å². The van der Waals surface area contributed by atoms with Crippen molar-refractivity contribution in [2.24, 2.45) is 5.41 Å². The average molecular weight is 249 g/mol. The Bertz CT molecular complexity index is 320. The first-order valence-corrected chi connectivity index (χ1v) is 7.24. The van der Waals surface area contributed by atoms with Crippen LogP contribution in [0.4, 0.5) is 0 Å². The van der Waals surface area contributed by atoms with Crippen molar-refractivity contribution in [2.45, 2.75) is 57.8 Å². The van der Waals surface area contributed by atoms with Gasteiger partial charge in [0.1, 0.15) is 5.41 Å². The quantitative estimate of drug-likeness (QED) is 0.764. The van der Waals surface area contributed by atoms with Crippen LogP contribution in [0, 0.1) is 16.7 Å². The first-order valence-electron chi connectivity index (χ1n) is 7.24. The van der Waals surface area contributed by atoms with Crippen molar-refractivity contribution < 1.29 is 4.79 Å². The van der Waals surface area contributed by atoms with Crippen molar-refractivity contribution in [1.82, 2.24) is 10.4 Å². The third kappa shape index (κ3) is 3.02. The Morgan fingerprint density at radius 1 is 1.00 bits per heavy atom. The first-order chi connectivity index (χ1) is 8.77. The van der Waals surface area contributed by atoms with Gasteiger partial charge in [-0.1, -0.05) is 32.1 Å². The molecule has 4 heteroatoms. The second-order valence-electron chi connectivity index (χ2n) is 5.60. The monoisotopic (exact) mass is 249 g/mol. The minimum atomic E-state index is -0.770. The Hall–Kier alpha value is -1.08. The van der Waals surface area contributed by atoms with Gasteiger partial charge in [-0.2, -0.15) is 5.26 Å². The van der Waals surface area contributed by atoms with E-state index in [1.54, 1.807) is 0 Å². The lowest BCUT2D eigenvalue weighted by molar-refractivity contribution is -0.134. The summed E-state index contributed by atoms with van der Waals surface area (Å²) in [5.74, 6) is -0.0613. The fraction of sp³-hybridized carbons (Fsp3) is 0.857. The maximum atomic E-state index is 12.4. The summed E-state index contributed by atoms with van der Waals surface area (Å²) in [4.78, 5) is 12.4. The van der Waals surface area contributed by atoms with Gasteiger partial charge in [0.25, 0.3) is 5.91 Å². The van der Waals surface area contributed by atoms with Crippen molar-refractivity contribution in [2.75, 3.05) is 13.1 Å². The molecule has 2 rings (SSSR count). The molecule has 0 aromatic heterocycles. The second kappa shape index (κ2) is 6.19. The maximum Gasteiger partial charge on any atom is 0.254 e. The fourth-order valence-electron chi connectivity index (χ4n) is 2.98. The molecule has 100 valence electrons. The Morgan fingerprint density at radius 2 is 1.56 bits per heavy atom. The standard InChI is InChI=1S/C14H23N3O/c15-12-14(8-4-1-2-5-9-14)13(18)16-17-10-6-3-7-11-17/h1-11H2,(H,16,18). The molecule has 0 bridgehead atoms. The summed E-state index contributed by atoms with van der Waals surface area (Å²) < 4.78 is 0. The predicted octanol–water partition coefficient (Wildman–Crippen LogP) is 2.37. The summed E-state index contributed by atoms with van der Waals surface area (Å²) in [7, 11) is 0. The lowest BCUT2D eigenvalue weighted by atomic mass is 9.81. The van der Waals surface area contributed by atoms with Crippen LogP contribution in [0.2, 0.25) is 0 Å². The molecule has 1 amide bonds. The number of rotatable bonds is 2. The summed E-state index contributed by atoms with van der Waals surface area (Å²) in [5, 5.41) is 11.4. The molecule has 1 aliphatic carbocycles. The zero-order valence-electron chi connectivity index (χ0n) is 11.1. The smallest absolute Gasteiger partial charge is 0.254 e. The van der Waals surface area contributed by atoms with Crippen LogP contribution in [0.3, 0.4) is 0 Å². The van der Waals surface area contributed by atoms with E-state index in [0.29, 0.717) is 0 Å². The molecule has 0 spiro atoms. The Kier molecular flexibility index (Phi) is 4.60. The van der Waals surface area contributed by atoms with Gasteiger partial charge in [-0.05, 0) is 25.7 Å². The van der Waals surface area contributed by atoms with E-state index in [1.807, 2.05) is 5.01 Å². The molecule has 1 saturated heterocycles. The number of nitrogens with zero attached hydrogens (tertiary/aromatic N) is 2. The van der Waals surface area contributed by atoms with Gasteiger partial charge < -0.3 is 0 Å². The number of nitrogens with one attached hydrogen (secondary N) is 1. The van der Waals surface area contributed by atoms with E-state index < -0.39 is 5.41 Å². The van der Waals surface area contributed by atoms with Crippen LogP contribution >= 0.6 is 0 Å². The topological polar surface area (TPSA) is 56.1 Å². The number of carbonyl (C=O) groups excluding carboxylic acids is 1. The number of amides is 1. The van der Waals surface area contributed by atoms with Crippen LogP contribution in [-0.2, 0) is 4.79 Å². The van der Waals surface area contributed by atoms with Crippen LogP contribution in [0.1, 0.15) is 57.8 Å². The molecule has 0 radical (unpaired) electrons. The number of hydrogen-bond donors (Lipinski definition) is 1. The van der Waals surface area contributed by atoms with E-state index in [0.717, 1.165) is 64.5 Å². The Balaban J connectivity index is 1.97. The predicted molar refractivity (Wildman–Crippen MR) is 69.3 cm³/mol. The van der Waals surface area contributed by atoms with Crippen LogP contribution < -0.4 is 5.43 Å². The third-order valence-corrected chi connectivity index (χ3v) is 4.22. The number of hydrogen-bond acceptors (Lipinski definition) is 3. The zero-order chi connectivity index (χ0) is 12.8. The van der Waals surface area contributed by atoms with Crippen LogP contribution in [-0.4, -0.2) is 24.0 Å². The Labute approximate surface area is 109 Å². The number of nitriles is 1. The highest BCUT2D eigenvalue weighted by atomic mass is 16.2. The first kappa shape index (κ1) is 13.4. The van der Waals surface area contributed by atoms with Crippen LogP contribution in [0.5, 0.6) is 0 Å². The number of hydrazine groups is 1. The van der Waals surface area contributed by atoms with Gasteiger partial charge in [-0.25, -0.2) is 5.01 Å². The molecule has 2 aliphatic rings. The minimum Gasteiger partial charge on any atom is -0.288 e. The van der Waals surface area contributed by atoms with E-state index in [4.69, 9.17) is 0 Å². The van der Waals surface area contributed by atoms with Crippen LogP contribution in [0.25, 0.3) is 0 Å². The highest BCUT2D eigenvalue weighted by Gasteiger charge is 2.39. The van der Waals surface area contributed by atoms with E-state index in [9.17, 15) is 10.1 Å². The molecule has 2 fully saturated rings. The molecular formula is C14H23N3O. The highest BCUT2D eigenvalue weighted by molar-refractivity contribution is 5.85. The molecule has 1 saturated carbocycles. The van der Waals surface area contributed by atoms with Gasteiger partial charge in [0.05, 0.1) is 6.07 Å². The lowest BCUT2D eigenvalue weighted by Crippen LogP contribution is -2.50. The number of piperidine rings is 1. The summed E-state index contributed by atoms with van der Waals surface area (Å²) in [5.41, 5.74) is 2.21. The highest BCUT2D eigenvalue weighted by Crippen LogP contribution is 2.34. The Morgan fingerprint density at radius 3 is 2.11 bits per heavy atom. The molecule has 18 heavy (non-hydrogen) atoms. The van der Waals surface area contributed by atoms with Crippen molar-refractivity contribution in [1.29, 1.82) is 5.26 Å². The summed E-state index contributed by atoms with van der Waals surface area (Å²) in [6.45, 7) is 1.85. The van der Waals surface area contributed by atoms with E-state index in [2.05, 4.69) is 11.5 Å².